The van der Waals surface area contributed by atoms with Crippen molar-refractivity contribution in [2.45, 2.75) is 31.7 Å². The normalized spacial score (nSPS) is 18.6. The minimum absolute atomic E-state index is 0.104. The van der Waals surface area contributed by atoms with Gasteiger partial charge < -0.3 is 5.73 Å². The van der Waals surface area contributed by atoms with Gasteiger partial charge in [-0.05, 0) is 12.3 Å². The maximum absolute atomic E-state index is 6.23. The molecule has 0 radical (unpaired) electrons. The highest BCUT2D eigenvalue weighted by Crippen LogP contribution is 2.34. The second-order valence-corrected chi connectivity index (χ2v) is 4.65. The summed E-state index contributed by atoms with van der Waals surface area (Å²) in [6.45, 7) is 0. The molecule has 1 saturated carbocycles. The van der Waals surface area contributed by atoms with E-state index in [1.54, 1.807) is 6.20 Å². The van der Waals surface area contributed by atoms with Gasteiger partial charge in [-0.2, -0.15) is 5.10 Å². The van der Waals surface area contributed by atoms with Crippen molar-refractivity contribution in [3.8, 4) is 0 Å². The van der Waals surface area contributed by atoms with Crippen molar-refractivity contribution in [1.29, 1.82) is 0 Å². The highest BCUT2D eigenvalue weighted by Gasteiger charge is 2.22. The van der Waals surface area contributed by atoms with Gasteiger partial charge in [0, 0.05) is 24.0 Å². The quantitative estimate of drug-likeness (QED) is 0.852. The minimum Gasteiger partial charge on any atom is -0.324 e. The van der Waals surface area contributed by atoms with Crippen LogP contribution >= 0.6 is 0 Å². The van der Waals surface area contributed by atoms with Gasteiger partial charge in [0.1, 0.15) is 0 Å². The van der Waals surface area contributed by atoms with E-state index in [0.717, 1.165) is 23.4 Å². The zero-order valence-corrected chi connectivity index (χ0v) is 9.21. The second kappa shape index (κ2) is 3.87. The smallest absolute Gasteiger partial charge is 0.0892 e. The van der Waals surface area contributed by atoms with Crippen molar-refractivity contribution in [3.05, 3.63) is 30.4 Å². The van der Waals surface area contributed by atoms with Crippen LogP contribution in [0.2, 0.25) is 0 Å². The zero-order valence-electron chi connectivity index (χ0n) is 9.21. The van der Waals surface area contributed by atoms with E-state index in [9.17, 15) is 0 Å². The van der Waals surface area contributed by atoms with E-state index >= 15 is 0 Å². The van der Waals surface area contributed by atoms with Crippen LogP contribution in [0.5, 0.6) is 0 Å². The molecule has 2 aromatic rings. The summed E-state index contributed by atoms with van der Waals surface area (Å²) in [6.07, 6.45) is 12.4. The Bertz CT molecular complexity index is 486. The predicted molar refractivity (Wildman–Crippen MR) is 61.9 cm³/mol. The van der Waals surface area contributed by atoms with Gasteiger partial charge in [0.2, 0.25) is 0 Å². The molecular formula is C12H16N4. The first-order valence-electron chi connectivity index (χ1n) is 5.87. The molecule has 0 spiro atoms. The first-order valence-corrected chi connectivity index (χ1v) is 5.87. The molecular weight excluding hydrogens is 200 g/mol. The summed E-state index contributed by atoms with van der Waals surface area (Å²) in [5.74, 6) is 0.821. The third kappa shape index (κ3) is 1.59. The number of nitrogens with two attached hydrogens (primary N) is 1. The van der Waals surface area contributed by atoms with Gasteiger partial charge in [0.15, 0.2) is 0 Å². The van der Waals surface area contributed by atoms with Crippen LogP contribution in [0.15, 0.2) is 24.8 Å². The number of nitrogens with zero attached hydrogens (tertiary/aromatic N) is 3. The fourth-order valence-corrected chi connectivity index (χ4v) is 2.35. The third-order valence-electron chi connectivity index (χ3n) is 3.57. The zero-order chi connectivity index (χ0) is 11.0. The van der Waals surface area contributed by atoms with Crippen molar-refractivity contribution >= 4 is 5.52 Å². The Morgan fingerprint density at radius 2 is 2.31 bits per heavy atom. The molecule has 1 atom stereocenters. The molecule has 4 nitrogen and oxygen atoms in total. The molecule has 1 aliphatic rings. The van der Waals surface area contributed by atoms with Gasteiger partial charge in [-0.15, -0.1) is 0 Å². The highest BCUT2D eigenvalue weighted by atomic mass is 15.2. The third-order valence-corrected chi connectivity index (χ3v) is 3.57. The van der Waals surface area contributed by atoms with E-state index in [1.165, 1.54) is 19.3 Å². The molecule has 0 aliphatic heterocycles. The van der Waals surface area contributed by atoms with Crippen LogP contribution in [0.1, 0.15) is 37.3 Å². The number of aromatic nitrogens is 3. The monoisotopic (exact) mass is 216 g/mol. The standard InChI is InChI=1S/C12H16N4/c13-11(6-9-2-1-3-9)10-7-15-16-5-4-14-8-12(10)16/h4-5,7-9,11H,1-3,6,13H2. The van der Waals surface area contributed by atoms with Gasteiger partial charge in [0.05, 0.1) is 17.9 Å². The van der Waals surface area contributed by atoms with Crippen LogP contribution in [0.3, 0.4) is 0 Å². The lowest BCUT2D eigenvalue weighted by Gasteiger charge is -2.27. The molecule has 1 fully saturated rings. The summed E-state index contributed by atoms with van der Waals surface area (Å²) in [6, 6.07) is 0.104. The number of rotatable bonds is 3. The Hall–Kier alpha value is -1.42. The van der Waals surface area contributed by atoms with Crippen LogP contribution < -0.4 is 5.73 Å². The molecule has 2 aromatic heterocycles. The number of hydrogen-bond donors (Lipinski definition) is 1. The number of hydrogen-bond acceptors (Lipinski definition) is 3. The molecule has 84 valence electrons. The van der Waals surface area contributed by atoms with E-state index in [-0.39, 0.29) is 6.04 Å². The Kier molecular flexibility index (Phi) is 2.36. The molecule has 0 bridgehead atoms. The second-order valence-electron chi connectivity index (χ2n) is 4.65. The largest absolute Gasteiger partial charge is 0.324 e. The first-order chi connectivity index (χ1) is 7.84. The molecule has 16 heavy (non-hydrogen) atoms. The van der Waals surface area contributed by atoms with Crippen molar-refractivity contribution in [1.82, 2.24) is 14.6 Å². The molecule has 1 unspecified atom stereocenters. The molecule has 2 heterocycles. The van der Waals surface area contributed by atoms with Crippen molar-refractivity contribution in [2.75, 3.05) is 0 Å². The average molecular weight is 216 g/mol. The van der Waals surface area contributed by atoms with Gasteiger partial charge in [-0.3, -0.25) is 4.98 Å². The van der Waals surface area contributed by atoms with Crippen molar-refractivity contribution in [2.24, 2.45) is 11.7 Å². The maximum Gasteiger partial charge on any atom is 0.0892 e. The average Bonchev–Trinajstić information content (AvgIpc) is 2.67. The first kappa shape index (κ1) is 9.78. The summed E-state index contributed by atoms with van der Waals surface area (Å²) >= 11 is 0. The summed E-state index contributed by atoms with van der Waals surface area (Å²) < 4.78 is 1.84. The molecule has 4 heteroatoms. The van der Waals surface area contributed by atoms with Crippen LogP contribution in [0.25, 0.3) is 5.52 Å². The molecule has 0 saturated heterocycles. The van der Waals surface area contributed by atoms with E-state index in [0.29, 0.717) is 0 Å². The van der Waals surface area contributed by atoms with Gasteiger partial charge in [0.25, 0.3) is 0 Å². The highest BCUT2D eigenvalue weighted by molar-refractivity contribution is 5.53. The Balaban J connectivity index is 1.86. The minimum atomic E-state index is 0.104. The molecule has 3 rings (SSSR count). The lowest BCUT2D eigenvalue weighted by atomic mass is 9.80. The SMILES string of the molecule is NC(CC1CCC1)c1cnn2ccncc12. The Labute approximate surface area is 94.5 Å². The van der Waals surface area contributed by atoms with E-state index < -0.39 is 0 Å². The van der Waals surface area contributed by atoms with Gasteiger partial charge in [-0.1, -0.05) is 19.3 Å². The van der Waals surface area contributed by atoms with Crippen LogP contribution in [-0.4, -0.2) is 14.6 Å². The van der Waals surface area contributed by atoms with Crippen molar-refractivity contribution < 1.29 is 0 Å². The Morgan fingerprint density at radius 1 is 1.44 bits per heavy atom. The molecule has 2 N–H and O–H groups in total. The summed E-state index contributed by atoms with van der Waals surface area (Å²) in [5, 5.41) is 4.29. The van der Waals surface area contributed by atoms with Crippen LogP contribution in [0.4, 0.5) is 0 Å². The van der Waals surface area contributed by atoms with Crippen LogP contribution in [-0.2, 0) is 0 Å². The predicted octanol–water partition coefficient (Wildman–Crippen LogP) is 1.92. The lowest BCUT2D eigenvalue weighted by Crippen LogP contribution is -2.19. The number of fused-ring (bicyclic) bond motifs is 1. The van der Waals surface area contributed by atoms with E-state index in [4.69, 9.17) is 5.73 Å². The fourth-order valence-electron chi connectivity index (χ4n) is 2.35. The molecule has 0 aromatic carbocycles. The van der Waals surface area contributed by atoms with Crippen molar-refractivity contribution in [3.63, 3.8) is 0 Å². The maximum atomic E-state index is 6.23. The van der Waals surface area contributed by atoms with E-state index in [1.807, 2.05) is 23.1 Å². The summed E-state index contributed by atoms with van der Waals surface area (Å²) in [4.78, 5) is 4.13. The summed E-state index contributed by atoms with van der Waals surface area (Å²) in [7, 11) is 0. The Morgan fingerprint density at radius 3 is 3.06 bits per heavy atom. The molecule has 1 aliphatic carbocycles. The van der Waals surface area contributed by atoms with E-state index in [2.05, 4.69) is 10.1 Å². The lowest BCUT2D eigenvalue weighted by molar-refractivity contribution is 0.278. The summed E-state index contributed by atoms with van der Waals surface area (Å²) in [5.41, 5.74) is 8.40. The molecule has 0 amide bonds. The van der Waals surface area contributed by atoms with Crippen LogP contribution in [0, 0.1) is 5.92 Å². The topological polar surface area (TPSA) is 56.2 Å². The fraction of sp³-hybridized carbons (Fsp3) is 0.500. The van der Waals surface area contributed by atoms with Gasteiger partial charge >= 0.3 is 0 Å². The van der Waals surface area contributed by atoms with Gasteiger partial charge in [-0.25, -0.2) is 4.52 Å².